The third kappa shape index (κ3) is 6.05. The molecule has 1 aromatic carbocycles. The van der Waals surface area contributed by atoms with Crippen molar-refractivity contribution in [2.24, 2.45) is 5.73 Å². The molecule has 1 saturated heterocycles. The van der Waals surface area contributed by atoms with Crippen molar-refractivity contribution in [1.29, 1.82) is 0 Å². The molecule has 3 aliphatic rings. The molecule has 2 aromatic heterocycles. The molecule has 3 aromatic rings. The van der Waals surface area contributed by atoms with E-state index in [4.69, 9.17) is 20.7 Å². The van der Waals surface area contributed by atoms with Crippen LogP contribution in [0.2, 0.25) is 0 Å². The molecule has 3 fully saturated rings. The number of benzene rings is 1. The van der Waals surface area contributed by atoms with Crippen molar-refractivity contribution in [3.05, 3.63) is 41.7 Å². The van der Waals surface area contributed by atoms with Gasteiger partial charge in [0.05, 0.1) is 18.1 Å². The summed E-state index contributed by atoms with van der Waals surface area (Å²) in [6.07, 6.45) is 9.27. The molecule has 40 heavy (non-hydrogen) atoms. The molecular weight excluding hydrogens is 517 g/mol. The highest BCUT2D eigenvalue weighted by atomic mass is 19.4. The fraction of sp³-hybridized carbons (Fsp3) is 0.621. The van der Waals surface area contributed by atoms with Crippen LogP contribution < -0.4 is 16.4 Å². The summed E-state index contributed by atoms with van der Waals surface area (Å²) >= 11 is 0. The molecule has 1 atom stereocenters. The normalized spacial score (nSPS) is 24.9. The van der Waals surface area contributed by atoms with Gasteiger partial charge in [0.2, 0.25) is 5.95 Å². The SMILES string of the molecule is NC1CCC(Nc2nc(NC3CCCCN3Cc3ccc(C(F)(F)F)cc3)c3ncn(C4CCCC4)c3n2)CC1. The maximum atomic E-state index is 13.1. The van der Waals surface area contributed by atoms with E-state index in [1.165, 1.54) is 25.0 Å². The minimum atomic E-state index is -4.33. The van der Waals surface area contributed by atoms with Crippen LogP contribution >= 0.6 is 0 Å². The number of imidazole rings is 1. The molecule has 0 spiro atoms. The minimum Gasteiger partial charge on any atom is -0.353 e. The fourth-order valence-electron chi connectivity index (χ4n) is 6.51. The predicted molar refractivity (Wildman–Crippen MR) is 150 cm³/mol. The van der Waals surface area contributed by atoms with Crippen molar-refractivity contribution < 1.29 is 13.2 Å². The number of rotatable bonds is 7. The number of piperidine rings is 1. The van der Waals surface area contributed by atoms with Gasteiger partial charge in [-0.1, -0.05) is 25.0 Å². The van der Waals surface area contributed by atoms with E-state index in [1.807, 2.05) is 6.33 Å². The van der Waals surface area contributed by atoms with Gasteiger partial charge in [0.1, 0.15) is 0 Å². The summed E-state index contributed by atoms with van der Waals surface area (Å²) in [5.41, 5.74) is 7.99. The topological polar surface area (TPSA) is 96.9 Å². The molecule has 3 heterocycles. The van der Waals surface area contributed by atoms with E-state index < -0.39 is 11.7 Å². The quantitative estimate of drug-likeness (QED) is 0.325. The zero-order valence-corrected chi connectivity index (χ0v) is 22.8. The molecule has 216 valence electrons. The van der Waals surface area contributed by atoms with Crippen LogP contribution in [0.1, 0.15) is 87.8 Å². The molecule has 1 unspecified atom stereocenters. The average Bonchev–Trinajstić information content (AvgIpc) is 3.61. The molecule has 0 radical (unpaired) electrons. The third-order valence-electron chi connectivity index (χ3n) is 8.83. The lowest BCUT2D eigenvalue weighted by Crippen LogP contribution is -2.44. The molecule has 0 bridgehead atoms. The van der Waals surface area contributed by atoms with Gasteiger partial charge in [-0.3, -0.25) is 4.90 Å². The standard InChI is InChI=1S/C29H39F3N8/c30-29(31,32)20-10-8-19(9-11-20)17-39-16-4-3-7-24(39)36-26-25-27(40(18-34-25)23-5-1-2-6-23)38-28(37-26)35-22-14-12-21(33)13-15-22/h8-11,18,21-24H,1-7,12-17,33H2,(H2,35,36,37,38). The lowest BCUT2D eigenvalue weighted by molar-refractivity contribution is -0.137. The molecule has 1 aliphatic heterocycles. The Morgan fingerprint density at radius 3 is 2.33 bits per heavy atom. The number of nitrogens with one attached hydrogen (secondary N) is 2. The number of alkyl halides is 3. The first kappa shape index (κ1) is 27.3. The van der Waals surface area contributed by atoms with Crippen LogP contribution in [0.4, 0.5) is 24.9 Å². The summed E-state index contributed by atoms with van der Waals surface area (Å²) in [5, 5.41) is 7.26. The van der Waals surface area contributed by atoms with Gasteiger partial charge in [-0.15, -0.1) is 0 Å². The number of anilines is 2. The van der Waals surface area contributed by atoms with Crippen molar-refractivity contribution >= 4 is 22.9 Å². The highest BCUT2D eigenvalue weighted by Gasteiger charge is 2.31. The van der Waals surface area contributed by atoms with Crippen LogP contribution in [0.5, 0.6) is 0 Å². The van der Waals surface area contributed by atoms with Crippen LogP contribution in [0, 0.1) is 0 Å². The summed E-state index contributed by atoms with van der Waals surface area (Å²) < 4.78 is 41.4. The molecule has 11 heteroatoms. The Hall–Kier alpha value is -2.92. The zero-order valence-electron chi connectivity index (χ0n) is 22.8. The summed E-state index contributed by atoms with van der Waals surface area (Å²) in [4.78, 5) is 17.0. The molecule has 0 amide bonds. The Bertz CT molecular complexity index is 1280. The molecular formula is C29H39F3N8. The van der Waals surface area contributed by atoms with Crippen LogP contribution in [-0.4, -0.2) is 49.2 Å². The monoisotopic (exact) mass is 556 g/mol. The first-order valence-electron chi connectivity index (χ1n) is 14.8. The van der Waals surface area contributed by atoms with Crippen LogP contribution in [0.3, 0.4) is 0 Å². The minimum absolute atomic E-state index is 0.00805. The van der Waals surface area contributed by atoms with Gasteiger partial charge >= 0.3 is 6.18 Å². The van der Waals surface area contributed by atoms with Gasteiger partial charge in [0, 0.05) is 31.2 Å². The molecule has 8 nitrogen and oxygen atoms in total. The van der Waals surface area contributed by atoms with Gasteiger partial charge in [0.15, 0.2) is 17.0 Å². The largest absolute Gasteiger partial charge is 0.416 e. The number of hydrogen-bond acceptors (Lipinski definition) is 7. The first-order chi connectivity index (χ1) is 19.3. The maximum Gasteiger partial charge on any atom is 0.416 e. The Kier molecular flexibility index (Phi) is 7.85. The number of hydrogen-bond donors (Lipinski definition) is 3. The van der Waals surface area contributed by atoms with E-state index in [2.05, 4.69) is 20.1 Å². The second-order valence-electron chi connectivity index (χ2n) is 11.7. The Labute approximate surface area is 232 Å². The Balaban J connectivity index is 1.26. The highest BCUT2D eigenvalue weighted by Crippen LogP contribution is 2.34. The van der Waals surface area contributed by atoms with Gasteiger partial charge in [-0.2, -0.15) is 23.1 Å². The Morgan fingerprint density at radius 1 is 0.875 bits per heavy atom. The van der Waals surface area contributed by atoms with Gasteiger partial charge in [-0.25, -0.2) is 4.98 Å². The second-order valence-corrected chi connectivity index (χ2v) is 11.7. The second kappa shape index (κ2) is 11.5. The zero-order chi connectivity index (χ0) is 27.7. The van der Waals surface area contributed by atoms with E-state index in [0.29, 0.717) is 30.4 Å². The number of nitrogens with two attached hydrogens (primary N) is 1. The lowest BCUT2D eigenvalue weighted by atomic mass is 9.92. The van der Waals surface area contributed by atoms with Crippen molar-refractivity contribution in [2.75, 3.05) is 17.2 Å². The molecule has 2 saturated carbocycles. The first-order valence-corrected chi connectivity index (χ1v) is 14.8. The van der Waals surface area contributed by atoms with Crippen LogP contribution in [0.25, 0.3) is 11.2 Å². The molecule has 6 rings (SSSR count). The van der Waals surface area contributed by atoms with Crippen LogP contribution in [0.15, 0.2) is 30.6 Å². The lowest BCUT2D eigenvalue weighted by Gasteiger charge is -2.36. The predicted octanol–water partition coefficient (Wildman–Crippen LogP) is 6.07. The maximum absolute atomic E-state index is 13.1. The van der Waals surface area contributed by atoms with Gasteiger partial charge < -0.3 is 20.9 Å². The van der Waals surface area contributed by atoms with E-state index in [9.17, 15) is 13.2 Å². The van der Waals surface area contributed by atoms with Gasteiger partial charge in [-0.05, 0) is 75.5 Å². The number of aromatic nitrogens is 4. The van der Waals surface area contributed by atoms with Crippen molar-refractivity contribution in [1.82, 2.24) is 24.4 Å². The summed E-state index contributed by atoms with van der Waals surface area (Å²) in [5.74, 6) is 1.32. The van der Waals surface area contributed by atoms with Crippen molar-refractivity contribution in [3.8, 4) is 0 Å². The molecule has 4 N–H and O–H groups in total. The van der Waals surface area contributed by atoms with Crippen molar-refractivity contribution in [2.45, 2.75) is 108 Å². The van der Waals surface area contributed by atoms with E-state index >= 15 is 0 Å². The Morgan fingerprint density at radius 2 is 1.60 bits per heavy atom. The van der Waals surface area contributed by atoms with E-state index in [-0.39, 0.29) is 12.2 Å². The average molecular weight is 557 g/mol. The summed E-state index contributed by atoms with van der Waals surface area (Å²) in [7, 11) is 0. The number of halogens is 3. The van der Waals surface area contributed by atoms with E-state index in [0.717, 1.165) is 81.1 Å². The smallest absolute Gasteiger partial charge is 0.353 e. The highest BCUT2D eigenvalue weighted by molar-refractivity contribution is 5.84. The number of fused-ring (bicyclic) bond motifs is 1. The third-order valence-corrected chi connectivity index (χ3v) is 8.83. The van der Waals surface area contributed by atoms with E-state index in [1.54, 1.807) is 12.1 Å². The summed E-state index contributed by atoms with van der Waals surface area (Å²) in [6.45, 7) is 1.42. The number of nitrogens with zero attached hydrogens (tertiary/aromatic N) is 5. The number of likely N-dealkylation sites (tertiary alicyclic amines) is 1. The van der Waals surface area contributed by atoms with Crippen LogP contribution in [-0.2, 0) is 12.7 Å². The summed E-state index contributed by atoms with van der Waals surface area (Å²) in [6, 6.07) is 6.46. The fourth-order valence-corrected chi connectivity index (χ4v) is 6.51. The van der Waals surface area contributed by atoms with Crippen molar-refractivity contribution in [3.63, 3.8) is 0 Å². The van der Waals surface area contributed by atoms with Gasteiger partial charge in [0.25, 0.3) is 0 Å². The molecule has 2 aliphatic carbocycles.